The van der Waals surface area contributed by atoms with Crippen LogP contribution in [0.15, 0.2) is 30.7 Å². The highest BCUT2D eigenvalue weighted by molar-refractivity contribution is 5.91. The predicted molar refractivity (Wildman–Crippen MR) is 76.7 cm³/mol. The Kier molecular flexibility index (Phi) is 4.70. The van der Waals surface area contributed by atoms with Crippen LogP contribution >= 0.6 is 0 Å². The predicted octanol–water partition coefficient (Wildman–Crippen LogP) is 1.45. The highest BCUT2D eigenvalue weighted by Gasteiger charge is 2.00. The lowest BCUT2D eigenvalue weighted by Gasteiger charge is -1.98. The lowest BCUT2D eigenvalue weighted by atomic mass is 10.3. The fourth-order valence-electron chi connectivity index (χ4n) is 1.72. The summed E-state index contributed by atoms with van der Waals surface area (Å²) in [4.78, 5) is 11.7. The maximum Gasteiger partial charge on any atom is 0.244 e. The summed E-state index contributed by atoms with van der Waals surface area (Å²) in [6.45, 7) is 6.12. The molecule has 2 aromatic rings. The van der Waals surface area contributed by atoms with E-state index < -0.39 is 0 Å². The fraction of sp³-hybridized carbons (Fsp3) is 0.357. The number of nitrogens with one attached hydrogen (secondary N) is 1. The second-order valence-corrected chi connectivity index (χ2v) is 4.34. The zero-order chi connectivity index (χ0) is 14.4. The topological polar surface area (TPSA) is 64.7 Å². The first-order valence-corrected chi connectivity index (χ1v) is 6.72. The third-order valence-corrected chi connectivity index (χ3v) is 2.87. The van der Waals surface area contributed by atoms with Crippen molar-refractivity contribution in [2.75, 3.05) is 0 Å². The Morgan fingerprint density at radius 3 is 2.80 bits per heavy atom. The van der Waals surface area contributed by atoms with Crippen molar-refractivity contribution >= 4 is 12.0 Å². The van der Waals surface area contributed by atoms with E-state index in [0.717, 1.165) is 24.3 Å². The Balaban J connectivity index is 1.82. The van der Waals surface area contributed by atoms with Crippen LogP contribution in [0.4, 0.5) is 0 Å². The molecule has 0 aromatic carbocycles. The maximum absolute atomic E-state index is 11.7. The van der Waals surface area contributed by atoms with E-state index in [0.29, 0.717) is 6.54 Å². The number of nitrogens with zero attached hydrogens (tertiary/aromatic N) is 4. The van der Waals surface area contributed by atoms with Crippen LogP contribution in [-0.4, -0.2) is 25.5 Å². The van der Waals surface area contributed by atoms with Crippen molar-refractivity contribution in [3.63, 3.8) is 0 Å². The molecule has 2 heterocycles. The summed E-state index contributed by atoms with van der Waals surface area (Å²) >= 11 is 0. The molecule has 6 nitrogen and oxygen atoms in total. The average Bonchev–Trinajstić information content (AvgIpc) is 3.11. The number of rotatable bonds is 6. The summed E-state index contributed by atoms with van der Waals surface area (Å²) in [6.07, 6.45) is 8.78. The van der Waals surface area contributed by atoms with Gasteiger partial charge in [-0.3, -0.25) is 14.2 Å². The Bertz CT molecular complexity index is 596. The highest BCUT2D eigenvalue weighted by atomic mass is 16.1. The van der Waals surface area contributed by atoms with Gasteiger partial charge in [0, 0.05) is 37.1 Å². The maximum atomic E-state index is 11.7. The lowest BCUT2D eigenvalue weighted by molar-refractivity contribution is -0.116. The van der Waals surface area contributed by atoms with Gasteiger partial charge in [-0.25, -0.2) is 0 Å². The van der Waals surface area contributed by atoms with Crippen LogP contribution in [0.2, 0.25) is 0 Å². The fourth-order valence-corrected chi connectivity index (χ4v) is 1.72. The van der Waals surface area contributed by atoms with E-state index in [4.69, 9.17) is 0 Å². The summed E-state index contributed by atoms with van der Waals surface area (Å²) in [5.74, 6) is -0.139. The van der Waals surface area contributed by atoms with Gasteiger partial charge < -0.3 is 5.32 Å². The number of carbonyl (C=O) groups is 1. The minimum absolute atomic E-state index is 0.139. The summed E-state index contributed by atoms with van der Waals surface area (Å²) in [7, 11) is 0. The summed E-state index contributed by atoms with van der Waals surface area (Å²) in [5.41, 5.74) is 1.77. The molecular weight excluding hydrogens is 254 g/mol. The van der Waals surface area contributed by atoms with Crippen molar-refractivity contribution in [3.05, 3.63) is 42.0 Å². The molecule has 0 saturated carbocycles. The molecule has 0 aliphatic carbocycles. The third-order valence-electron chi connectivity index (χ3n) is 2.87. The largest absolute Gasteiger partial charge is 0.347 e. The molecular formula is C14H19N5O. The van der Waals surface area contributed by atoms with Gasteiger partial charge >= 0.3 is 0 Å². The first-order chi connectivity index (χ1) is 9.71. The number of amides is 1. The van der Waals surface area contributed by atoms with Crippen LogP contribution in [0.3, 0.4) is 0 Å². The molecule has 0 aliphatic heterocycles. The first-order valence-electron chi connectivity index (χ1n) is 6.72. The molecule has 2 rings (SSSR count). The molecule has 0 fully saturated rings. The number of aromatic nitrogens is 4. The second kappa shape index (κ2) is 6.70. The van der Waals surface area contributed by atoms with Gasteiger partial charge in [0.1, 0.15) is 0 Å². The molecule has 0 bridgehead atoms. The molecule has 20 heavy (non-hydrogen) atoms. The number of aryl methyl sites for hydroxylation is 2. The van der Waals surface area contributed by atoms with Crippen molar-refractivity contribution in [1.82, 2.24) is 24.9 Å². The van der Waals surface area contributed by atoms with Gasteiger partial charge in [-0.15, -0.1) is 0 Å². The Morgan fingerprint density at radius 1 is 1.35 bits per heavy atom. The molecule has 0 saturated heterocycles. The number of carbonyl (C=O) groups excluding carboxylic acids is 1. The van der Waals surface area contributed by atoms with Crippen LogP contribution in [-0.2, 0) is 24.4 Å². The van der Waals surface area contributed by atoms with Crippen molar-refractivity contribution in [2.45, 2.75) is 33.5 Å². The average molecular weight is 273 g/mol. The summed E-state index contributed by atoms with van der Waals surface area (Å²) in [6, 6.07) is 1.90. The van der Waals surface area contributed by atoms with Crippen LogP contribution in [0, 0.1) is 0 Å². The van der Waals surface area contributed by atoms with Gasteiger partial charge in [0.05, 0.1) is 18.4 Å². The lowest BCUT2D eigenvalue weighted by Crippen LogP contribution is -2.20. The van der Waals surface area contributed by atoms with E-state index in [2.05, 4.69) is 15.5 Å². The van der Waals surface area contributed by atoms with Gasteiger partial charge in [-0.05, 0) is 26.0 Å². The van der Waals surface area contributed by atoms with E-state index in [1.54, 1.807) is 12.3 Å². The monoisotopic (exact) mass is 273 g/mol. The standard InChI is InChI=1S/C14H19N5O/c1-3-18-8-7-13(17-18)10-15-14(20)6-5-12-9-16-19(4-2)11-12/h5-9,11H,3-4,10H2,1-2H3,(H,15,20)/b6-5+. The molecule has 0 unspecified atom stereocenters. The Morgan fingerprint density at radius 2 is 2.15 bits per heavy atom. The van der Waals surface area contributed by atoms with E-state index in [1.807, 2.05) is 41.7 Å². The van der Waals surface area contributed by atoms with Gasteiger partial charge in [-0.2, -0.15) is 10.2 Å². The van der Waals surface area contributed by atoms with Gasteiger partial charge in [0.25, 0.3) is 0 Å². The zero-order valence-corrected chi connectivity index (χ0v) is 11.8. The van der Waals surface area contributed by atoms with Crippen molar-refractivity contribution < 1.29 is 4.79 Å². The summed E-state index contributed by atoms with van der Waals surface area (Å²) in [5, 5.41) is 11.2. The minimum Gasteiger partial charge on any atom is -0.347 e. The van der Waals surface area contributed by atoms with Crippen molar-refractivity contribution in [2.24, 2.45) is 0 Å². The smallest absolute Gasteiger partial charge is 0.244 e. The first kappa shape index (κ1) is 14.0. The normalized spacial score (nSPS) is 11.1. The quantitative estimate of drug-likeness (QED) is 0.810. The van der Waals surface area contributed by atoms with Crippen molar-refractivity contribution in [1.29, 1.82) is 0 Å². The second-order valence-electron chi connectivity index (χ2n) is 4.34. The molecule has 1 N–H and O–H groups in total. The summed E-state index contributed by atoms with van der Waals surface area (Å²) < 4.78 is 3.64. The SMILES string of the molecule is CCn1cc(/C=C/C(=O)NCc2ccn(CC)n2)cn1. The number of hydrogen-bond acceptors (Lipinski definition) is 3. The van der Waals surface area contributed by atoms with E-state index in [9.17, 15) is 4.79 Å². The van der Waals surface area contributed by atoms with Crippen LogP contribution in [0.5, 0.6) is 0 Å². The molecule has 106 valence electrons. The molecule has 0 radical (unpaired) electrons. The van der Waals surface area contributed by atoms with Crippen LogP contribution in [0.25, 0.3) is 6.08 Å². The Hall–Kier alpha value is -2.37. The highest BCUT2D eigenvalue weighted by Crippen LogP contribution is 2.00. The molecule has 1 amide bonds. The van der Waals surface area contributed by atoms with Crippen LogP contribution < -0.4 is 5.32 Å². The van der Waals surface area contributed by atoms with Gasteiger partial charge in [0.2, 0.25) is 5.91 Å². The number of hydrogen-bond donors (Lipinski definition) is 1. The Labute approximate surface area is 118 Å². The van der Waals surface area contributed by atoms with Crippen LogP contribution in [0.1, 0.15) is 25.1 Å². The van der Waals surface area contributed by atoms with Gasteiger partial charge in [-0.1, -0.05) is 0 Å². The van der Waals surface area contributed by atoms with Crippen molar-refractivity contribution in [3.8, 4) is 0 Å². The molecule has 0 atom stereocenters. The molecule has 6 heteroatoms. The molecule has 2 aromatic heterocycles. The van der Waals surface area contributed by atoms with Gasteiger partial charge in [0.15, 0.2) is 0 Å². The third kappa shape index (κ3) is 3.81. The van der Waals surface area contributed by atoms with E-state index >= 15 is 0 Å². The van der Waals surface area contributed by atoms with E-state index in [-0.39, 0.29) is 5.91 Å². The van der Waals surface area contributed by atoms with E-state index in [1.165, 1.54) is 6.08 Å². The zero-order valence-electron chi connectivity index (χ0n) is 11.8. The molecule has 0 spiro atoms. The minimum atomic E-state index is -0.139. The molecule has 0 aliphatic rings.